The second-order valence-electron chi connectivity index (χ2n) is 8.15. The molecule has 0 saturated carbocycles. The minimum Gasteiger partial charge on any atom is -0.455 e. The number of hydrogen-bond acceptors (Lipinski definition) is 6. The van der Waals surface area contributed by atoms with Crippen molar-refractivity contribution in [2.24, 2.45) is 5.92 Å². The molecule has 1 fully saturated rings. The van der Waals surface area contributed by atoms with Gasteiger partial charge in [-0.15, -0.1) is 0 Å². The summed E-state index contributed by atoms with van der Waals surface area (Å²) in [6.07, 6.45) is 1.70. The first-order valence-electron chi connectivity index (χ1n) is 11.0. The molecular formula is C25H24N2O6. The van der Waals surface area contributed by atoms with Crippen LogP contribution in [0.3, 0.4) is 0 Å². The third kappa shape index (κ3) is 4.55. The predicted octanol–water partition coefficient (Wildman–Crippen LogP) is 2.59. The van der Waals surface area contributed by atoms with Gasteiger partial charge in [0.2, 0.25) is 5.91 Å². The molecule has 2 aliphatic rings. The van der Waals surface area contributed by atoms with Crippen molar-refractivity contribution in [3.05, 3.63) is 64.7 Å². The maximum Gasteiger partial charge on any atom is 0.311 e. The third-order valence-electron chi connectivity index (χ3n) is 5.96. The highest BCUT2D eigenvalue weighted by Crippen LogP contribution is 2.29. The van der Waals surface area contributed by atoms with E-state index in [2.05, 4.69) is 5.32 Å². The fourth-order valence-electron chi connectivity index (χ4n) is 4.25. The number of anilines is 1. The number of fused-ring (bicyclic) bond motifs is 2. The van der Waals surface area contributed by atoms with Gasteiger partial charge < -0.3 is 15.0 Å². The number of nitrogens with zero attached hydrogens (tertiary/aromatic N) is 1. The minimum absolute atomic E-state index is 0.00620. The van der Waals surface area contributed by atoms with E-state index in [0.29, 0.717) is 49.2 Å². The summed E-state index contributed by atoms with van der Waals surface area (Å²) in [4.78, 5) is 63.7. The zero-order chi connectivity index (χ0) is 23.5. The highest BCUT2D eigenvalue weighted by Gasteiger charge is 2.30. The van der Waals surface area contributed by atoms with Gasteiger partial charge in [-0.05, 0) is 31.0 Å². The number of rotatable bonds is 5. The molecule has 1 unspecified atom stereocenters. The van der Waals surface area contributed by atoms with E-state index in [1.165, 1.54) is 18.2 Å². The number of benzene rings is 2. The van der Waals surface area contributed by atoms with Crippen LogP contribution in [0.4, 0.5) is 5.69 Å². The van der Waals surface area contributed by atoms with Gasteiger partial charge >= 0.3 is 5.97 Å². The van der Waals surface area contributed by atoms with Crippen LogP contribution < -0.4 is 5.32 Å². The molecule has 2 aromatic rings. The van der Waals surface area contributed by atoms with E-state index in [1.54, 1.807) is 36.1 Å². The number of hydrogen-bond donors (Lipinski definition) is 1. The fraction of sp³-hybridized carbons (Fsp3) is 0.320. The van der Waals surface area contributed by atoms with E-state index >= 15 is 0 Å². The number of piperidine rings is 1. The minimum atomic E-state index is -0.560. The van der Waals surface area contributed by atoms with E-state index in [4.69, 9.17) is 4.74 Å². The average molecular weight is 448 g/mol. The normalized spacial score (nSPS) is 17.1. The van der Waals surface area contributed by atoms with Crippen molar-refractivity contribution in [2.45, 2.75) is 26.2 Å². The maximum absolute atomic E-state index is 12.8. The molecule has 170 valence electrons. The van der Waals surface area contributed by atoms with Gasteiger partial charge in [-0.2, -0.15) is 0 Å². The number of likely N-dealkylation sites (tertiary alicyclic amines) is 1. The van der Waals surface area contributed by atoms with Crippen molar-refractivity contribution >= 4 is 35.0 Å². The van der Waals surface area contributed by atoms with Gasteiger partial charge in [0, 0.05) is 47.5 Å². The molecule has 0 aromatic heterocycles. The summed E-state index contributed by atoms with van der Waals surface area (Å²) >= 11 is 0. The molecule has 2 amide bonds. The predicted molar refractivity (Wildman–Crippen MR) is 119 cm³/mol. The summed E-state index contributed by atoms with van der Waals surface area (Å²) in [5.74, 6) is -2.05. The summed E-state index contributed by atoms with van der Waals surface area (Å²) in [6.45, 7) is 2.22. The number of nitrogens with one attached hydrogen (secondary N) is 1. The molecule has 2 aromatic carbocycles. The van der Waals surface area contributed by atoms with Crippen LogP contribution in [0.15, 0.2) is 42.5 Å². The lowest BCUT2D eigenvalue weighted by Crippen LogP contribution is -2.42. The lowest BCUT2D eigenvalue weighted by atomic mass is 9.84. The van der Waals surface area contributed by atoms with Crippen LogP contribution in [-0.4, -0.2) is 53.9 Å². The maximum atomic E-state index is 12.8. The second-order valence-corrected chi connectivity index (χ2v) is 8.15. The first-order valence-corrected chi connectivity index (χ1v) is 11.0. The molecule has 0 bridgehead atoms. The molecule has 1 heterocycles. The Labute approximate surface area is 190 Å². The molecule has 4 rings (SSSR count). The van der Waals surface area contributed by atoms with Crippen molar-refractivity contribution < 1.29 is 28.7 Å². The van der Waals surface area contributed by atoms with Gasteiger partial charge in [-0.25, -0.2) is 0 Å². The first-order chi connectivity index (χ1) is 15.9. The number of carbonyl (C=O) groups is 5. The zero-order valence-corrected chi connectivity index (χ0v) is 18.3. The largest absolute Gasteiger partial charge is 0.455 e. The number of carbonyl (C=O) groups excluding carboxylic acids is 5. The van der Waals surface area contributed by atoms with Gasteiger partial charge in [0.25, 0.3) is 5.91 Å². The van der Waals surface area contributed by atoms with Crippen LogP contribution in [0.5, 0.6) is 0 Å². The highest BCUT2D eigenvalue weighted by atomic mass is 16.5. The Hall–Kier alpha value is -3.81. The highest BCUT2D eigenvalue weighted by molar-refractivity contribution is 6.28. The smallest absolute Gasteiger partial charge is 0.311 e. The summed E-state index contributed by atoms with van der Waals surface area (Å²) in [6, 6.07) is 11.1. The molecular weight excluding hydrogens is 424 g/mol. The van der Waals surface area contributed by atoms with Crippen LogP contribution in [0.1, 0.15) is 58.0 Å². The topological polar surface area (TPSA) is 110 Å². The third-order valence-corrected chi connectivity index (χ3v) is 5.96. The Bertz CT molecular complexity index is 1160. The van der Waals surface area contributed by atoms with Crippen molar-refractivity contribution in [3.63, 3.8) is 0 Å². The molecule has 8 heteroatoms. The van der Waals surface area contributed by atoms with E-state index in [0.717, 1.165) is 0 Å². The van der Waals surface area contributed by atoms with Crippen LogP contribution in [0.25, 0.3) is 0 Å². The molecule has 1 aliphatic heterocycles. The molecule has 1 N–H and O–H groups in total. The second kappa shape index (κ2) is 9.36. The quantitative estimate of drug-likeness (QED) is 0.601. The number of amides is 2. The molecule has 1 aliphatic carbocycles. The number of esters is 1. The monoisotopic (exact) mass is 448 g/mol. The standard InChI is InChI=1S/C25H24N2O6/c1-2-22(29)27-11-5-6-15(13-27)25(32)33-14-21(28)26-16-9-10-19-20(12-16)24(31)18-8-4-3-7-17(18)23(19)30/h3-4,7-10,12,15H,2,5-6,11,13-14H2,1H3,(H,26,28). The SMILES string of the molecule is CCC(=O)N1CCCC(C(=O)OCC(=O)Nc2ccc3c(c2)C(=O)c2ccccc2C3=O)C1. The van der Waals surface area contributed by atoms with E-state index in [-0.39, 0.29) is 28.6 Å². The van der Waals surface area contributed by atoms with Gasteiger partial charge in [-0.1, -0.05) is 31.2 Å². The molecule has 0 radical (unpaired) electrons. The van der Waals surface area contributed by atoms with E-state index in [1.807, 2.05) is 0 Å². The van der Waals surface area contributed by atoms with Gasteiger partial charge in [0.15, 0.2) is 18.2 Å². The van der Waals surface area contributed by atoms with Gasteiger partial charge in [0.05, 0.1) is 5.92 Å². The van der Waals surface area contributed by atoms with Crippen LogP contribution in [0.2, 0.25) is 0 Å². The average Bonchev–Trinajstić information content (AvgIpc) is 2.85. The Kier molecular flexibility index (Phi) is 6.35. The zero-order valence-electron chi connectivity index (χ0n) is 18.3. The lowest BCUT2D eigenvalue weighted by molar-refractivity contribution is -0.154. The Morgan fingerprint density at radius 2 is 1.67 bits per heavy atom. The van der Waals surface area contributed by atoms with Gasteiger partial charge in [-0.3, -0.25) is 24.0 Å². The molecule has 1 saturated heterocycles. The van der Waals surface area contributed by atoms with Crippen molar-refractivity contribution in [1.29, 1.82) is 0 Å². The van der Waals surface area contributed by atoms with Crippen molar-refractivity contribution in [3.8, 4) is 0 Å². The van der Waals surface area contributed by atoms with E-state index in [9.17, 15) is 24.0 Å². The summed E-state index contributed by atoms with van der Waals surface area (Å²) in [5.41, 5.74) is 1.52. The van der Waals surface area contributed by atoms with E-state index < -0.39 is 24.4 Å². The van der Waals surface area contributed by atoms with Crippen molar-refractivity contribution in [1.82, 2.24) is 4.90 Å². The summed E-state index contributed by atoms with van der Waals surface area (Å²) < 4.78 is 5.16. The fourth-order valence-corrected chi connectivity index (χ4v) is 4.25. The molecule has 1 atom stereocenters. The van der Waals surface area contributed by atoms with Crippen LogP contribution >= 0.6 is 0 Å². The number of ether oxygens (including phenoxy) is 1. The molecule has 33 heavy (non-hydrogen) atoms. The van der Waals surface area contributed by atoms with Crippen LogP contribution in [0, 0.1) is 5.92 Å². The Balaban J connectivity index is 1.37. The lowest BCUT2D eigenvalue weighted by Gasteiger charge is -2.31. The number of ketones is 2. The Morgan fingerprint density at radius 1 is 1.00 bits per heavy atom. The summed E-state index contributed by atoms with van der Waals surface area (Å²) in [5, 5.41) is 2.60. The van der Waals surface area contributed by atoms with Gasteiger partial charge in [0.1, 0.15) is 0 Å². The first kappa shape index (κ1) is 22.4. The van der Waals surface area contributed by atoms with Crippen molar-refractivity contribution in [2.75, 3.05) is 25.0 Å². The molecule has 0 spiro atoms. The Morgan fingerprint density at radius 3 is 2.36 bits per heavy atom. The molecule has 8 nitrogen and oxygen atoms in total. The summed E-state index contributed by atoms with van der Waals surface area (Å²) in [7, 11) is 0. The van der Waals surface area contributed by atoms with Crippen LogP contribution in [-0.2, 0) is 19.1 Å².